The Hall–Kier alpha value is -2.32. The Labute approximate surface area is 172 Å². The van der Waals surface area contributed by atoms with Crippen LogP contribution in [0.5, 0.6) is 0 Å². The highest BCUT2D eigenvalue weighted by molar-refractivity contribution is 7.98. The fraction of sp³-hybridized carbons (Fsp3) is 0.350. The minimum absolute atomic E-state index is 0.0993. The van der Waals surface area contributed by atoms with Crippen LogP contribution in [0, 0.1) is 5.92 Å². The quantitative estimate of drug-likeness (QED) is 0.511. The molecular weight excluding hydrogens is 396 g/mol. The molecule has 0 N–H and O–H groups in total. The molecule has 1 aliphatic heterocycles. The summed E-state index contributed by atoms with van der Waals surface area (Å²) in [6, 6.07) is 9.59. The third-order valence-corrected chi connectivity index (χ3v) is 6.08. The van der Waals surface area contributed by atoms with Crippen LogP contribution in [-0.4, -0.2) is 49.1 Å². The number of amides is 2. The third kappa shape index (κ3) is 4.94. The molecule has 1 aliphatic rings. The molecule has 0 radical (unpaired) electrons. The number of carbonyl (C=O) groups is 3. The fourth-order valence-electron chi connectivity index (χ4n) is 2.98. The molecule has 1 saturated heterocycles. The van der Waals surface area contributed by atoms with Crippen LogP contribution in [0.15, 0.2) is 46.0 Å². The van der Waals surface area contributed by atoms with Crippen molar-refractivity contribution in [1.82, 2.24) is 4.90 Å². The lowest BCUT2D eigenvalue weighted by molar-refractivity contribution is -0.155. The molecule has 3 rings (SSSR count). The van der Waals surface area contributed by atoms with Crippen LogP contribution in [0.4, 0.5) is 5.69 Å². The second kappa shape index (κ2) is 9.25. The molecule has 2 aromatic rings. The van der Waals surface area contributed by atoms with Gasteiger partial charge in [0, 0.05) is 37.1 Å². The Morgan fingerprint density at radius 2 is 2.04 bits per heavy atom. The number of ether oxygens (including phenoxy) is 1. The molecule has 6 nitrogen and oxygen atoms in total. The molecule has 0 bridgehead atoms. The fourth-order valence-corrected chi connectivity index (χ4v) is 4.05. The van der Waals surface area contributed by atoms with E-state index in [1.165, 1.54) is 4.90 Å². The predicted molar refractivity (Wildman–Crippen MR) is 110 cm³/mol. The van der Waals surface area contributed by atoms with Crippen molar-refractivity contribution in [2.45, 2.75) is 17.9 Å². The lowest BCUT2D eigenvalue weighted by atomic mass is 10.1. The minimum atomic E-state index is -0.553. The van der Waals surface area contributed by atoms with E-state index in [9.17, 15) is 14.4 Å². The zero-order valence-electron chi connectivity index (χ0n) is 15.8. The average Bonchev–Trinajstić information content (AvgIpc) is 3.35. The highest BCUT2D eigenvalue weighted by Gasteiger charge is 2.36. The summed E-state index contributed by atoms with van der Waals surface area (Å²) in [7, 11) is 1.67. The standard InChI is InChI=1S/C20H22N2O4S2/c1-21(10-14-7-8-28-13-14)19(24)12-26-20(25)15-9-18(23)22(11-15)16-3-5-17(27-2)6-4-16/h3-8,13,15H,9-12H2,1-2H3/t15-/m0/s1. The molecular formula is C20H22N2O4S2. The van der Waals surface area contributed by atoms with Gasteiger partial charge in [-0.1, -0.05) is 0 Å². The van der Waals surface area contributed by atoms with Crippen molar-refractivity contribution in [3.8, 4) is 0 Å². The van der Waals surface area contributed by atoms with E-state index >= 15 is 0 Å². The summed E-state index contributed by atoms with van der Waals surface area (Å²) in [5.41, 5.74) is 1.81. The van der Waals surface area contributed by atoms with Crippen molar-refractivity contribution in [3.63, 3.8) is 0 Å². The highest BCUT2D eigenvalue weighted by Crippen LogP contribution is 2.27. The van der Waals surface area contributed by atoms with Gasteiger partial charge in [0.1, 0.15) is 0 Å². The summed E-state index contributed by atoms with van der Waals surface area (Å²) in [6.07, 6.45) is 2.09. The Balaban J connectivity index is 1.50. The van der Waals surface area contributed by atoms with Crippen LogP contribution in [0.1, 0.15) is 12.0 Å². The largest absolute Gasteiger partial charge is 0.455 e. The topological polar surface area (TPSA) is 66.9 Å². The first-order valence-electron chi connectivity index (χ1n) is 8.84. The summed E-state index contributed by atoms with van der Waals surface area (Å²) in [4.78, 5) is 41.0. The molecule has 1 aromatic heterocycles. The number of hydrogen-bond acceptors (Lipinski definition) is 6. The number of likely N-dealkylation sites (N-methyl/N-ethyl adjacent to an activating group) is 1. The number of rotatable bonds is 7. The molecule has 0 unspecified atom stereocenters. The van der Waals surface area contributed by atoms with Gasteiger partial charge in [0.15, 0.2) is 6.61 Å². The maximum absolute atomic E-state index is 12.3. The molecule has 28 heavy (non-hydrogen) atoms. The van der Waals surface area contributed by atoms with Gasteiger partial charge in [0.25, 0.3) is 5.91 Å². The summed E-state index contributed by atoms with van der Waals surface area (Å²) >= 11 is 3.19. The number of esters is 1. The third-order valence-electron chi connectivity index (χ3n) is 4.61. The molecule has 1 fully saturated rings. The van der Waals surface area contributed by atoms with Crippen molar-refractivity contribution in [1.29, 1.82) is 0 Å². The zero-order chi connectivity index (χ0) is 20.1. The summed E-state index contributed by atoms with van der Waals surface area (Å²) in [5, 5.41) is 3.92. The van der Waals surface area contributed by atoms with Gasteiger partial charge in [0.05, 0.1) is 5.92 Å². The van der Waals surface area contributed by atoms with E-state index in [4.69, 9.17) is 4.74 Å². The Bertz CT molecular complexity index is 836. The number of hydrogen-bond donors (Lipinski definition) is 0. The highest BCUT2D eigenvalue weighted by atomic mass is 32.2. The molecule has 148 valence electrons. The zero-order valence-corrected chi connectivity index (χ0v) is 17.4. The van der Waals surface area contributed by atoms with E-state index in [0.29, 0.717) is 6.54 Å². The van der Waals surface area contributed by atoms with Crippen LogP contribution in [-0.2, 0) is 25.7 Å². The Morgan fingerprint density at radius 1 is 1.29 bits per heavy atom. The van der Waals surface area contributed by atoms with Crippen molar-refractivity contribution in [3.05, 3.63) is 46.7 Å². The van der Waals surface area contributed by atoms with Gasteiger partial charge in [-0.25, -0.2) is 0 Å². The predicted octanol–water partition coefficient (Wildman–Crippen LogP) is 3.02. The lowest BCUT2D eigenvalue weighted by Crippen LogP contribution is -2.32. The molecule has 1 aromatic carbocycles. The van der Waals surface area contributed by atoms with E-state index in [0.717, 1.165) is 16.1 Å². The van der Waals surface area contributed by atoms with Crippen LogP contribution < -0.4 is 4.90 Å². The number of benzene rings is 1. The van der Waals surface area contributed by atoms with Crippen LogP contribution in [0.3, 0.4) is 0 Å². The molecule has 0 aliphatic carbocycles. The monoisotopic (exact) mass is 418 g/mol. The van der Waals surface area contributed by atoms with Crippen LogP contribution in [0.25, 0.3) is 0 Å². The first-order chi connectivity index (χ1) is 13.5. The van der Waals surface area contributed by atoms with E-state index in [1.54, 1.807) is 35.0 Å². The van der Waals surface area contributed by atoms with E-state index in [2.05, 4.69) is 0 Å². The minimum Gasteiger partial charge on any atom is -0.455 e. The smallest absolute Gasteiger partial charge is 0.311 e. The van der Waals surface area contributed by atoms with Gasteiger partial charge < -0.3 is 14.5 Å². The van der Waals surface area contributed by atoms with Crippen molar-refractivity contribution >= 4 is 46.6 Å². The normalized spacial score (nSPS) is 16.3. The number of thiophene rings is 1. The number of thioether (sulfide) groups is 1. The average molecular weight is 419 g/mol. The first-order valence-corrected chi connectivity index (χ1v) is 11.0. The molecule has 1 atom stereocenters. The summed E-state index contributed by atoms with van der Waals surface area (Å²) < 4.78 is 5.19. The maximum atomic E-state index is 12.3. The molecule has 0 saturated carbocycles. The van der Waals surface area contributed by atoms with Gasteiger partial charge in [-0.3, -0.25) is 14.4 Å². The van der Waals surface area contributed by atoms with E-state index in [-0.39, 0.29) is 31.4 Å². The number of carbonyl (C=O) groups excluding carboxylic acids is 3. The molecule has 2 amide bonds. The van der Waals surface area contributed by atoms with E-state index in [1.807, 2.05) is 47.3 Å². The summed E-state index contributed by atoms with van der Waals surface area (Å²) in [6.45, 7) is 0.434. The SMILES string of the molecule is CSc1ccc(N2C[C@@H](C(=O)OCC(=O)N(C)Cc3ccsc3)CC2=O)cc1. The van der Waals surface area contributed by atoms with Crippen LogP contribution in [0.2, 0.25) is 0 Å². The van der Waals surface area contributed by atoms with Gasteiger partial charge >= 0.3 is 5.97 Å². The number of nitrogens with zero attached hydrogens (tertiary/aromatic N) is 2. The lowest BCUT2D eigenvalue weighted by Gasteiger charge is -2.18. The number of anilines is 1. The first kappa shape index (κ1) is 20.4. The van der Waals surface area contributed by atoms with Gasteiger partial charge in [0.2, 0.25) is 5.91 Å². The van der Waals surface area contributed by atoms with Crippen LogP contribution >= 0.6 is 23.1 Å². The van der Waals surface area contributed by atoms with Crippen molar-refractivity contribution in [2.75, 3.05) is 31.4 Å². The Kier molecular flexibility index (Phi) is 6.74. The molecule has 0 spiro atoms. The Morgan fingerprint density at radius 3 is 2.68 bits per heavy atom. The van der Waals surface area contributed by atoms with Crippen molar-refractivity contribution < 1.29 is 19.1 Å². The van der Waals surface area contributed by atoms with Crippen molar-refractivity contribution in [2.24, 2.45) is 5.92 Å². The van der Waals surface area contributed by atoms with Gasteiger partial charge in [-0.2, -0.15) is 11.3 Å². The molecule has 8 heteroatoms. The summed E-state index contributed by atoms with van der Waals surface area (Å²) in [5.74, 6) is -1.44. The van der Waals surface area contributed by atoms with Gasteiger partial charge in [-0.15, -0.1) is 11.8 Å². The molecule has 2 heterocycles. The second-order valence-corrected chi connectivity index (χ2v) is 8.25. The van der Waals surface area contributed by atoms with E-state index < -0.39 is 11.9 Å². The second-order valence-electron chi connectivity index (χ2n) is 6.59. The maximum Gasteiger partial charge on any atom is 0.311 e. The van der Waals surface area contributed by atoms with Gasteiger partial charge in [-0.05, 0) is 52.9 Å².